The van der Waals surface area contributed by atoms with Gasteiger partial charge in [0.1, 0.15) is 10.1 Å². The second-order valence-electron chi connectivity index (χ2n) is 2.33. The number of aromatic nitrogens is 3. The first-order valence-corrected chi connectivity index (χ1v) is 4.00. The smallest absolute Gasteiger partial charge is 0.158 e. The fourth-order valence-corrected chi connectivity index (χ4v) is 1.30. The summed E-state index contributed by atoms with van der Waals surface area (Å²) in [6.45, 7) is 0. The lowest BCUT2D eigenvalue weighted by Crippen LogP contribution is -1.88. The van der Waals surface area contributed by atoms with E-state index in [1.165, 1.54) is 0 Å². The molecule has 0 aliphatic heterocycles. The first-order valence-electron chi connectivity index (χ1n) is 3.21. The van der Waals surface area contributed by atoms with Crippen LogP contribution in [-0.2, 0) is 7.05 Å². The molecule has 0 aliphatic rings. The summed E-state index contributed by atoms with van der Waals surface area (Å²) in [6.07, 6.45) is 3.64. The van der Waals surface area contributed by atoms with Crippen LogP contribution in [0.4, 0.5) is 0 Å². The van der Waals surface area contributed by atoms with Gasteiger partial charge in [0.2, 0.25) is 0 Å². The average molecular weight is 212 g/mol. The van der Waals surface area contributed by atoms with Crippen molar-refractivity contribution in [2.24, 2.45) is 7.05 Å². The van der Waals surface area contributed by atoms with Gasteiger partial charge >= 0.3 is 0 Å². The van der Waals surface area contributed by atoms with Crippen molar-refractivity contribution in [3.05, 3.63) is 23.1 Å². The van der Waals surface area contributed by atoms with Crippen LogP contribution in [0, 0.1) is 0 Å². The van der Waals surface area contributed by atoms with Gasteiger partial charge in [0, 0.05) is 13.2 Å². The summed E-state index contributed by atoms with van der Waals surface area (Å²) in [4.78, 5) is 8.42. The Labute approximate surface area is 72.2 Å². The van der Waals surface area contributed by atoms with E-state index >= 15 is 0 Å². The van der Waals surface area contributed by atoms with Crippen LogP contribution in [0.2, 0.25) is 0 Å². The van der Waals surface area contributed by atoms with Crippen molar-refractivity contribution in [2.45, 2.75) is 0 Å². The maximum atomic E-state index is 4.23. The van der Waals surface area contributed by atoms with E-state index in [1.807, 2.05) is 23.9 Å². The molecule has 0 N–H and O–H groups in total. The van der Waals surface area contributed by atoms with Gasteiger partial charge in [-0.2, -0.15) is 0 Å². The van der Waals surface area contributed by atoms with Crippen molar-refractivity contribution in [3.8, 4) is 0 Å². The van der Waals surface area contributed by atoms with Crippen molar-refractivity contribution in [2.75, 3.05) is 0 Å². The number of rotatable bonds is 0. The molecule has 0 aromatic carbocycles. The molecular weight excluding hydrogens is 206 g/mol. The molecule has 0 unspecified atom stereocenters. The quantitative estimate of drug-likeness (QED) is 0.665. The summed E-state index contributed by atoms with van der Waals surface area (Å²) in [5.41, 5.74) is 1.83. The zero-order chi connectivity index (χ0) is 7.84. The minimum absolute atomic E-state index is 0.774. The molecule has 0 bridgehead atoms. The van der Waals surface area contributed by atoms with E-state index in [-0.39, 0.29) is 0 Å². The lowest BCUT2D eigenvalue weighted by molar-refractivity contribution is 0.945. The highest BCUT2D eigenvalue weighted by Gasteiger charge is 1.99. The molecule has 0 saturated carbocycles. The van der Waals surface area contributed by atoms with Crippen LogP contribution in [0.3, 0.4) is 0 Å². The number of hydrogen-bond donors (Lipinski definition) is 0. The molecule has 2 rings (SSSR count). The molecule has 2 aromatic rings. The fraction of sp³-hybridized carbons (Fsp3) is 0.143. The highest BCUT2D eigenvalue weighted by atomic mass is 79.9. The van der Waals surface area contributed by atoms with Crippen LogP contribution >= 0.6 is 15.9 Å². The van der Waals surface area contributed by atoms with Crippen LogP contribution in [0.15, 0.2) is 23.1 Å². The third-order valence-electron chi connectivity index (χ3n) is 1.54. The molecule has 2 aromatic heterocycles. The number of nitrogens with zero attached hydrogens (tertiary/aromatic N) is 3. The van der Waals surface area contributed by atoms with Gasteiger partial charge in [-0.25, -0.2) is 9.97 Å². The second kappa shape index (κ2) is 2.30. The van der Waals surface area contributed by atoms with Crippen molar-refractivity contribution in [3.63, 3.8) is 0 Å². The van der Waals surface area contributed by atoms with E-state index in [2.05, 4.69) is 25.9 Å². The van der Waals surface area contributed by atoms with Gasteiger partial charge in [-0.15, -0.1) is 0 Å². The van der Waals surface area contributed by atoms with Gasteiger partial charge in [0.15, 0.2) is 5.65 Å². The Kier molecular flexibility index (Phi) is 1.42. The van der Waals surface area contributed by atoms with Crippen LogP contribution < -0.4 is 0 Å². The first-order chi connectivity index (χ1) is 5.27. The molecule has 0 spiro atoms. The summed E-state index contributed by atoms with van der Waals surface area (Å²) >= 11 is 3.26. The predicted molar refractivity (Wildman–Crippen MR) is 46.2 cm³/mol. The lowest BCUT2D eigenvalue weighted by atomic mass is 10.5. The Bertz CT molecular complexity index is 393. The van der Waals surface area contributed by atoms with Gasteiger partial charge in [-0.05, 0) is 22.0 Å². The molecular formula is C7H6BrN3. The third kappa shape index (κ3) is 1.03. The van der Waals surface area contributed by atoms with Gasteiger partial charge < -0.3 is 4.57 Å². The van der Waals surface area contributed by atoms with Crippen molar-refractivity contribution in [1.82, 2.24) is 14.5 Å². The molecule has 2 heterocycles. The van der Waals surface area contributed by atoms with E-state index in [0.29, 0.717) is 0 Å². The molecule has 4 heteroatoms. The summed E-state index contributed by atoms with van der Waals surface area (Å²) in [7, 11) is 1.95. The van der Waals surface area contributed by atoms with Crippen LogP contribution in [-0.4, -0.2) is 14.5 Å². The summed E-state index contributed by atoms with van der Waals surface area (Å²) in [5.74, 6) is 0. The van der Waals surface area contributed by atoms with Crippen LogP contribution in [0.1, 0.15) is 0 Å². The first kappa shape index (κ1) is 6.79. The van der Waals surface area contributed by atoms with E-state index in [1.54, 1.807) is 6.20 Å². The monoisotopic (exact) mass is 211 g/mol. The van der Waals surface area contributed by atoms with E-state index in [4.69, 9.17) is 0 Å². The molecule has 56 valence electrons. The maximum Gasteiger partial charge on any atom is 0.158 e. The van der Waals surface area contributed by atoms with E-state index in [9.17, 15) is 0 Å². The SMILES string of the molecule is Cn1ccc2nc(Br)cnc21. The Morgan fingerprint density at radius 2 is 2.36 bits per heavy atom. The highest BCUT2D eigenvalue weighted by Crippen LogP contribution is 2.12. The van der Waals surface area contributed by atoms with Crippen LogP contribution in [0.5, 0.6) is 0 Å². The molecule has 0 saturated heterocycles. The molecule has 3 nitrogen and oxygen atoms in total. The van der Waals surface area contributed by atoms with E-state index in [0.717, 1.165) is 15.8 Å². The second-order valence-corrected chi connectivity index (χ2v) is 3.14. The molecule has 0 aliphatic carbocycles. The Morgan fingerprint density at radius 1 is 1.55 bits per heavy atom. The number of hydrogen-bond acceptors (Lipinski definition) is 2. The molecule has 0 fully saturated rings. The number of halogens is 1. The summed E-state index contributed by atoms with van der Waals surface area (Å²) < 4.78 is 2.71. The van der Waals surface area contributed by atoms with Gasteiger partial charge in [-0.1, -0.05) is 0 Å². The molecule has 11 heavy (non-hydrogen) atoms. The van der Waals surface area contributed by atoms with Crippen molar-refractivity contribution in [1.29, 1.82) is 0 Å². The summed E-state index contributed by atoms with van der Waals surface area (Å²) in [6, 6.07) is 1.94. The zero-order valence-electron chi connectivity index (χ0n) is 5.95. The number of aryl methyl sites for hydroxylation is 1. The Hall–Kier alpha value is -0.900. The zero-order valence-corrected chi connectivity index (χ0v) is 7.54. The highest BCUT2D eigenvalue weighted by molar-refractivity contribution is 9.10. The average Bonchev–Trinajstić information content (AvgIpc) is 2.32. The fourth-order valence-electron chi connectivity index (χ4n) is 1.01. The molecule has 0 amide bonds. The Balaban J connectivity index is 2.86. The lowest BCUT2D eigenvalue weighted by Gasteiger charge is -1.93. The van der Waals surface area contributed by atoms with Crippen molar-refractivity contribution < 1.29 is 0 Å². The van der Waals surface area contributed by atoms with Gasteiger partial charge in [0.05, 0.1) is 6.20 Å². The predicted octanol–water partition coefficient (Wildman–Crippen LogP) is 1.73. The van der Waals surface area contributed by atoms with Gasteiger partial charge in [0.25, 0.3) is 0 Å². The maximum absolute atomic E-state index is 4.23. The third-order valence-corrected chi connectivity index (χ3v) is 1.92. The minimum atomic E-state index is 0.774. The largest absolute Gasteiger partial charge is 0.334 e. The number of fused-ring (bicyclic) bond motifs is 1. The summed E-state index contributed by atoms with van der Waals surface area (Å²) in [5, 5.41) is 0. The van der Waals surface area contributed by atoms with E-state index < -0.39 is 0 Å². The molecule has 0 radical (unpaired) electrons. The molecule has 0 atom stereocenters. The minimum Gasteiger partial charge on any atom is -0.334 e. The normalized spacial score (nSPS) is 10.7. The topological polar surface area (TPSA) is 30.7 Å². The Morgan fingerprint density at radius 3 is 3.18 bits per heavy atom. The van der Waals surface area contributed by atoms with Crippen molar-refractivity contribution >= 4 is 27.1 Å². The van der Waals surface area contributed by atoms with Crippen LogP contribution in [0.25, 0.3) is 11.2 Å². The standard InChI is InChI=1S/C7H6BrN3/c1-11-3-2-5-7(11)9-4-6(8)10-5/h2-4H,1H3. The van der Waals surface area contributed by atoms with Gasteiger partial charge in [-0.3, -0.25) is 0 Å².